The van der Waals surface area contributed by atoms with Crippen LogP contribution in [0.25, 0.3) is 5.69 Å². The first kappa shape index (κ1) is 14.6. The molecule has 0 unspecified atom stereocenters. The summed E-state index contributed by atoms with van der Waals surface area (Å²) in [5, 5.41) is 8.22. The Hall–Kier alpha value is -1.33. The molecule has 1 aliphatic rings. The molecule has 0 spiro atoms. The first-order valence-corrected chi connectivity index (χ1v) is 8.43. The highest BCUT2D eigenvalue weighted by molar-refractivity contribution is 7.99. The lowest BCUT2D eigenvalue weighted by molar-refractivity contribution is 0.555. The molecule has 0 bridgehead atoms. The van der Waals surface area contributed by atoms with Gasteiger partial charge in [0.15, 0.2) is 0 Å². The Morgan fingerprint density at radius 3 is 2.76 bits per heavy atom. The summed E-state index contributed by atoms with van der Waals surface area (Å²) in [6.07, 6.45) is 1.24. The molecule has 1 aromatic heterocycles. The Kier molecular flexibility index (Phi) is 4.31. The van der Waals surface area contributed by atoms with Gasteiger partial charge < -0.3 is 5.32 Å². The molecule has 0 saturated carbocycles. The molecule has 3 rings (SSSR count). The Balaban J connectivity index is 1.80. The van der Waals surface area contributed by atoms with Crippen LogP contribution in [-0.2, 0) is 6.54 Å². The monoisotopic (exact) mass is 305 g/mol. The summed E-state index contributed by atoms with van der Waals surface area (Å²) in [4.78, 5) is 0. The average molecular weight is 305 g/mol. The molecule has 0 amide bonds. The van der Waals surface area contributed by atoms with Crippen molar-refractivity contribution >= 4 is 11.8 Å². The predicted molar refractivity (Wildman–Crippen MR) is 85.6 cm³/mol. The second-order valence-electron chi connectivity index (χ2n) is 5.48. The molecule has 1 fully saturated rings. The standard InChI is InChI=1S/C16H20FN3S/c1-11-16(9-18-14-7-8-21-10-14)12(2)20(19-11)15-5-3-13(17)4-6-15/h3-6,14,18H,7-10H2,1-2H3/t14-/m1/s1. The van der Waals surface area contributed by atoms with Gasteiger partial charge in [0, 0.05) is 29.6 Å². The van der Waals surface area contributed by atoms with E-state index in [9.17, 15) is 4.39 Å². The fraction of sp³-hybridized carbons (Fsp3) is 0.438. The highest BCUT2D eigenvalue weighted by Crippen LogP contribution is 2.21. The van der Waals surface area contributed by atoms with E-state index in [-0.39, 0.29) is 5.82 Å². The van der Waals surface area contributed by atoms with Crippen LogP contribution in [0, 0.1) is 19.7 Å². The molecule has 2 aromatic rings. The van der Waals surface area contributed by atoms with Crippen LogP contribution in [0.3, 0.4) is 0 Å². The third kappa shape index (κ3) is 3.14. The van der Waals surface area contributed by atoms with Crippen LogP contribution in [0.4, 0.5) is 4.39 Å². The minimum atomic E-state index is -0.221. The zero-order valence-electron chi connectivity index (χ0n) is 12.4. The summed E-state index contributed by atoms with van der Waals surface area (Å²) in [5.74, 6) is 2.23. The van der Waals surface area contributed by atoms with Crippen LogP contribution < -0.4 is 5.32 Å². The first-order chi connectivity index (χ1) is 10.1. The Labute approximate surface area is 128 Å². The molecular weight excluding hydrogens is 285 g/mol. The maximum atomic E-state index is 13.0. The maximum absolute atomic E-state index is 13.0. The Morgan fingerprint density at radius 2 is 2.10 bits per heavy atom. The number of rotatable bonds is 4. The molecule has 1 atom stereocenters. The molecular formula is C16H20FN3S. The van der Waals surface area contributed by atoms with Crippen LogP contribution in [-0.4, -0.2) is 27.3 Å². The molecule has 1 aromatic carbocycles. The quantitative estimate of drug-likeness (QED) is 0.940. The number of hydrogen-bond donors (Lipinski definition) is 1. The molecule has 0 radical (unpaired) electrons. The van der Waals surface area contributed by atoms with Crippen molar-refractivity contribution in [1.82, 2.24) is 15.1 Å². The van der Waals surface area contributed by atoms with Gasteiger partial charge in [-0.3, -0.25) is 0 Å². The zero-order valence-corrected chi connectivity index (χ0v) is 13.2. The molecule has 1 N–H and O–H groups in total. The Bertz CT molecular complexity index is 615. The predicted octanol–water partition coefficient (Wildman–Crippen LogP) is 3.22. The molecule has 1 aliphatic heterocycles. The summed E-state index contributed by atoms with van der Waals surface area (Å²) in [6.45, 7) is 4.96. The first-order valence-electron chi connectivity index (χ1n) is 7.27. The van der Waals surface area contributed by atoms with Crippen molar-refractivity contribution < 1.29 is 4.39 Å². The van der Waals surface area contributed by atoms with Gasteiger partial charge >= 0.3 is 0 Å². The van der Waals surface area contributed by atoms with Crippen LogP contribution >= 0.6 is 11.8 Å². The molecule has 3 nitrogen and oxygen atoms in total. The number of thioether (sulfide) groups is 1. The van der Waals surface area contributed by atoms with Gasteiger partial charge in [0.1, 0.15) is 5.82 Å². The average Bonchev–Trinajstić information content (AvgIpc) is 3.07. The van der Waals surface area contributed by atoms with Gasteiger partial charge in [0.05, 0.1) is 11.4 Å². The lowest BCUT2D eigenvalue weighted by atomic mass is 10.1. The number of aromatic nitrogens is 2. The SMILES string of the molecule is Cc1nn(-c2ccc(F)cc2)c(C)c1CN[C@@H]1CCSC1. The summed E-state index contributed by atoms with van der Waals surface area (Å²) >= 11 is 2.01. The Morgan fingerprint density at radius 1 is 1.33 bits per heavy atom. The number of nitrogens with one attached hydrogen (secondary N) is 1. The van der Waals surface area contributed by atoms with E-state index in [1.54, 1.807) is 12.1 Å². The van der Waals surface area contributed by atoms with E-state index in [4.69, 9.17) is 0 Å². The molecule has 112 valence electrons. The fourth-order valence-corrected chi connectivity index (χ4v) is 3.89. The van der Waals surface area contributed by atoms with Gasteiger partial charge in [-0.25, -0.2) is 9.07 Å². The normalized spacial score (nSPS) is 18.3. The van der Waals surface area contributed by atoms with Gasteiger partial charge in [0.2, 0.25) is 0 Å². The van der Waals surface area contributed by atoms with Gasteiger partial charge in [-0.1, -0.05) is 0 Å². The summed E-state index contributed by atoms with van der Waals surface area (Å²) in [6, 6.07) is 7.08. The lowest BCUT2D eigenvalue weighted by Gasteiger charge is -2.11. The highest BCUT2D eigenvalue weighted by Gasteiger charge is 2.17. The van der Waals surface area contributed by atoms with E-state index in [2.05, 4.69) is 17.3 Å². The van der Waals surface area contributed by atoms with Crippen molar-refractivity contribution in [3.05, 3.63) is 47.0 Å². The van der Waals surface area contributed by atoms with Gasteiger partial charge in [-0.2, -0.15) is 16.9 Å². The van der Waals surface area contributed by atoms with Gasteiger partial charge in [-0.05, 0) is 50.3 Å². The highest BCUT2D eigenvalue weighted by atomic mass is 32.2. The van der Waals surface area contributed by atoms with E-state index in [1.807, 2.05) is 23.4 Å². The van der Waals surface area contributed by atoms with E-state index < -0.39 is 0 Å². The third-order valence-electron chi connectivity index (χ3n) is 4.01. The van der Waals surface area contributed by atoms with Crippen LogP contribution in [0.5, 0.6) is 0 Å². The number of benzene rings is 1. The maximum Gasteiger partial charge on any atom is 0.123 e. The molecule has 5 heteroatoms. The zero-order chi connectivity index (χ0) is 14.8. The van der Waals surface area contributed by atoms with Crippen molar-refractivity contribution in [2.24, 2.45) is 0 Å². The van der Waals surface area contributed by atoms with Gasteiger partial charge in [0.25, 0.3) is 0 Å². The largest absolute Gasteiger partial charge is 0.309 e. The number of nitrogens with zero attached hydrogens (tertiary/aromatic N) is 2. The fourth-order valence-electron chi connectivity index (χ4n) is 2.71. The van der Waals surface area contributed by atoms with Crippen molar-refractivity contribution in [2.75, 3.05) is 11.5 Å². The second-order valence-corrected chi connectivity index (χ2v) is 6.63. The van der Waals surface area contributed by atoms with E-state index in [0.29, 0.717) is 6.04 Å². The second kappa shape index (κ2) is 6.20. The summed E-state index contributed by atoms with van der Waals surface area (Å²) < 4.78 is 14.9. The van der Waals surface area contributed by atoms with E-state index in [0.717, 1.165) is 23.6 Å². The van der Waals surface area contributed by atoms with Crippen molar-refractivity contribution in [2.45, 2.75) is 32.9 Å². The topological polar surface area (TPSA) is 29.9 Å². The van der Waals surface area contributed by atoms with E-state index in [1.165, 1.54) is 35.6 Å². The van der Waals surface area contributed by atoms with E-state index >= 15 is 0 Å². The molecule has 0 aliphatic carbocycles. The molecule has 2 heterocycles. The molecule has 21 heavy (non-hydrogen) atoms. The lowest BCUT2D eigenvalue weighted by Crippen LogP contribution is -2.28. The third-order valence-corrected chi connectivity index (χ3v) is 5.17. The minimum Gasteiger partial charge on any atom is -0.309 e. The van der Waals surface area contributed by atoms with Crippen LogP contribution in [0.1, 0.15) is 23.4 Å². The van der Waals surface area contributed by atoms with Crippen molar-refractivity contribution in [3.63, 3.8) is 0 Å². The molecule has 1 saturated heterocycles. The van der Waals surface area contributed by atoms with Crippen LogP contribution in [0.15, 0.2) is 24.3 Å². The smallest absolute Gasteiger partial charge is 0.123 e. The number of hydrogen-bond acceptors (Lipinski definition) is 3. The van der Waals surface area contributed by atoms with Gasteiger partial charge in [-0.15, -0.1) is 0 Å². The number of halogens is 1. The summed E-state index contributed by atoms with van der Waals surface area (Å²) in [5.41, 5.74) is 4.31. The van der Waals surface area contributed by atoms with Crippen molar-refractivity contribution in [3.8, 4) is 5.69 Å². The minimum absolute atomic E-state index is 0.221. The number of aryl methyl sites for hydroxylation is 1. The van der Waals surface area contributed by atoms with Crippen molar-refractivity contribution in [1.29, 1.82) is 0 Å². The van der Waals surface area contributed by atoms with Crippen LogP contribution in [0.2, 0.25) is 0 Å². The summed E-state index contributed by atoms with van der Waals surface area (Å²) in [7, 11) is 0.